The SMILES string of the molecule is CCOc1ccc(NC(C)c2nc3sc(C)c(C)c3c(=O)[nH]2)cc1. The zero-order valence-corrected chi connectivity index (χ0v) is 15.1. The molecule has 6 heteroatoms. The van der Waals surface area contributed by atoms with E-state index < -0.39 is 0 Å². The highest BCUT2D eigenvalue weighted by Crippen LogP contribution is 2.27. The van der Waals surface area contributed by atoms with Crippen LogP contribution in [0.2, 0.25) is 0 Å². The summed E-state index contributed by atoms with van der Waals surface area (Å²) in [6, 6.07) is 7.64. The van der Waals surface area contributed by atoms with Crippen molar-refractivity contribution in [1.29, 1.82) is 0 Å². The number of thiophene rings is 1. The number of aromatic amines is 1. The molecule has 126 valence electrons. The first-order valence-electron chi connectivity index (χ1n) is 7.99. The lowest BCUT2D eigenvalue weighted by molar-refractivity contribution is 0.340. The van der Waals surface area contributed by atoms with Crippen LogP contribution in [0.3, 0.4) is 0 Å². The quantitative estimate of drug-likeness (QED) is 0.729. The van der Waals surface area contributed by atoms with Crippen molar-refractivity contribution in [1.82, 2.24) is 9.97 Å². The molecule has 3 aromatic rings. The second kappa shape index (κ2) is 6.65. The molecule has 2 N–H and O–H groups in total. The Kier molecular flexibility index (Phi) is 4.57. The molecule has 0 saturated heterocycles. The molecule has 2 heterocycles. The average molecular weight is 343 g/mol. The van der Waals surface area contributed by atoms with Gasteiger partial charge in [-0.2, -0.15) is 0 Å². The second-order valence-electron chi connectivity index (χ2n) is 5.74. The van der Waals surface area contributed by atoms with Crippen LogP contribution < -0.4 is 15.6 Å². The predicted molar refractivity (Wildman–Crippen MR) is 99.4 cm³/mol. The van der Waals surface area contributed by atoms with Gasteiger partial charge in [0, 0.05) is 10.6 Å². The van der Waals surface area contributed by atoms with Gasteiger partial charge < -0.3 is 15.0 Å². The van der Waals surface area contributed by atoms with E-state index in [-0.39, 0.29) is 11.6 Å². The van der Waals surface area contributed by atoms with Crippen LogP contribution in [0.25, 0.3) is 10.2 Å². The topological polar surface area (TPSA) is 67.0 Å². The molecule has 5 nitrogen and oxygen atoms in total. The fourth-order valence-corrected chi connectivity index (χ4v) is 3.65. The number of anilines is 1. The van der Waals surface area contributed by atoms with Crippen LogP contribution in [-0.4, -0.2) is 16.6 Å². The van der Waals surface area contributed by atoms with Gasteiger partial charge in [-0.1, -0.05) is 0 Å². The van der Waals surface area contributed by atoms with Gasteiger partial charge in [0.15, 0.2) is 0 Å². The third-order valence-corrected chi connectivity index (χ3v) is 5.12. The minimum absolute atomic E-state index is 0.0720. The molecule has 3 rings (SSSR count). The molecular weight excluding hydrogens is 322 g/mol. The van der Waals surface area contributed by atoms with Crippen molar-refractivity contribution in [3.05, 3.63) is 50.9 Å². The number of hydrogen-bond donors (Lipinski definition) is 2. The summed E-state index contributed by atoms with van der Waals surface area (Å²) in [5.74, 6) is 1.48. The summed E-state index contributed by atoms with van der Waals surface area (Å²) in [4.78, 5) is 21.8. The summed E-state index contributed by atoms with van der Waals surface area (Å²) in [5, 5.41) is 4.06. The number of aryl methyl sites for hydroxylation is 2. The third kappa shape index (κ3) is 3.14. The van der Waals surface area contributed by atoms with Gasteiger partial charge in [0.2, 0.25) is 0 Å². The van der Waals surface area contributed by atoms with Crippen molar-refractivity contribution in [3.8, 4) is 5.75 Å². The van der Waals surface area contributed by atoms with Crippen molar-refractivity contribution < 1.29 is 4.74 Å². The first-order valence-corrected chi connectivity index (χ1v) is 8.80. The number of hydrogen-bond acceptors (Lipinski definition) is 5. The molecule has 0 fully saturated rings. The molecule has 2 aromatic heterocycles. The number of aromatic nitrogens is 2. The van der Waals surface area contributed by atoms with Crippen LogP contribution >= 0.6 is 11.3 Å². The number of ether oxygens (including phenoxy) is 1. The van der Waals surface area contributed by atoms with Crippen molar-refractivity contribution >= 4 is 27.2 Å². The Balaban J connectivity index is 1.85. The standard InChI is InChI=1S/C18H21N3O2S/c1-5-23-14-8-6-13(7-9-14)19-11(3)16-20-17(22)15-10(2)12(4)24-18(15)21-16/h6-9,11,19H,5H2,1-4H3,(H,20,21,22). The van der Waals surface area contributed by atoms with Gasteiger partial charge in [0.1, 0.15) is 16.4 Å². The highest BCUT2D eigenvalue weighted by molar-refractivity contribution is 7.18. The summed E-state index contributed by atoms with van der Waals surface area (Å²) < 4.78 is 5.44. The number of nitrogens with one attached hydrogen (secondary N) is 2. The van der Waals surface area contributed by atoms with Gasteiger partial charge in [-0.25, -0.2) is 4.98 Å². The Morgan fingerprint density at radius 3 is 2.67 bits per heavy atom. The Morgan fingerprint density at radius 2 is 2.00 bits per heavy atom. The predicted octanol–water partition coefficient (Wildman–Crippen LogP) is 4.17. The molecule has 1 atom stereocenters. The van der Waals surface area contributed by atoms with Crippen LogP contribution in [0, 0.1) is 13.8 Å². The molecule has 0 amide bonds. The van der Waals surface area contributed by atoms with Crippen LogP contribution in [0.1, 0.15) is 36.2 Å². The Morgan fingerprint density at radius 1 is 1.29 bits per heavy atom. The minimum atomic E-state index is -0.109. The molecule has 0 bridgehead atoms. The van der Waals surface area contributed by atoms with Gasteiger partial charge in [0.05, 0.1) is 18.0 Å². The lowest BCUT2D eigenvalue weighted by Crippen LogP contribution is -2.17. The van der Waals surface area contributed by atoms with Crippen LogP contribution in [0.4, 0.5) is 5.69 Å². The van der Waals surface area contributed by atoms with Crippen LogP contribution in [-0.2, 0) is 0 Å². The molecule has 24 heavy (non-hydrogen) atoms. The monoisotopic (exact) mass is 343 g/mol. The van der Waals surface area contributed by atoms with E-state index >= 15 is 0 Å². The Hall–Kier alpha value is -2.34. The summed E-state index contributed by atoms with van der Waals surface area (Å²) in [6.45, 7) is 8.57. The maximum atomic E-state index is 12.4. The van der Waals surface area contributed by atoms with Crippen molar-refractivity contribution in [2.24, 2.45) is 0 Å². The summed E-state index contributed by atoms with van der Waals surface area (Å²) >= 11 is 1.56. The van der Waals surface area contributed by atoms with Crippen molar-refractivity contribution in [3.63, 3.8) is 0 Å². The van der Waals surface area contributed by atoms with E-state index in [1.165, 1.54) is 0 Å². The van der Waals surface area contributed by atoms with Crippen molar-refractivity contribution in [2.75, 3.05) is 11.9 Å². The normalized spacial score (nSPS) is 12.3. The maximum Gasteiger partial charge on any atom is 0.259 e. The highest BCUT2D eigenvalue weighted by atomic mass is 32.1. The minimum Gasteiger partial charge on any atom is -0.494 e. The van der Waals surface area contributed by atoms with Gasteiger partial charge in [-0.15, -0.1) is 11.3 Å². The number of benzene rings is 1. The van der Waals surface area contributed by atoms with Gasteiger partial charge >= 0.3 is 0 Å². The highest BCUT2D eigenvalue weighted by Gasteiger charge is 2.15. The largest absolute Gasteiger partial charge is 0.494 e. The third-order valence-electron chi connectivity index (χ3n) is 4.02. The first kappa shape index (κ1) is 16.5. The van der Waals surface area contributed by atoms with E-state index in [0.717, 1.165) is 26.7 Å². The number of fused-ring (bicyclic) bond motifs is 1. The molecule has 0 radical (unpaired) electrons. The molecule has 0 spiro atoms. The number of H-pyrrole nitrogens is 1. The smallest absolute Gasteiger partial charge is 0.259 e. The average Bonchev–Trinajstić information content (AvgIpc) is 2.84. The molecule has 0 aliphatic heterocycles. The summed E-state index contributed by atoms with van der Waals surface area (Å²) in [6.07, 6.45) is 0. The molecule has 0 aliphatic rings. The molecular formula is C18H21N3O2S. The zero-order valence-electron chi connectivity index (χ0n) is 14.3. The molecule has 1 unspecified atom stereocenters. The summed E-state index contributed by atoms with van der Waals surface area (Å²) in [7, 11) is 0. The van der Waals surface area contributed by atoms with Gasteiger partial charge in [-0.05, 0) is 57.5 Å². The summed E-state index contributed by atoms with van der Waals surface area (Å²) in [5.41, 5.74) is 1.90. The van der Waals surface area contributed by atoms with E-state index in [1.54, 1.807) is 11.3 Å². The number of rotatable bonds is 5. The molecule has 1 aromatic carbocycles. The zero-order chi connectivity index (χ0) is 17.3. The van der Waals surface area contributed by atoms with E-state index in [1.807, 2.05) is 52.0 Å². The van der Waals surface area contributed by atoms with Gasteiger partial charge in [-0.3, -0.25) is 4.79 Å². The maximum absolute atomic E-state index is 12.4. The molecule has 0 saturated carbocycles. The van der Waals surface area contributed by atoms with E-state index in [2.05, 4.69) is 15.3 Å². The van der Waals surface area contributed by atoms with Gasteiger partial charge in [0.25, 0.3) is 5.56 Å². The lowest BCUT2D eigenvalue weighted by atomic mass is 10.2. The fourth-order valence-electron chi connectivity index (χ4n) is 2.61. The van der Waals surface area contributed by atoms with E-state index in [9.17, 15) is 4.79 Å². The molecule has 0 aliphatic carbocycles. The second-order valence-corrected chi connectivity index (χ2v) is 6.94. The first-order chi connectivity index (χ1) is 11.5. The van der Waals surface area contributed by atoms with E-state index in [4.69, 9.17) is 4.74 Å². The van der Waals surface area contributed by atoms with Crippen LogP contribution in [0.5, 0.6) is 5.75 Å². The Bertz CT molecular complexity index is 912. The van der Waals surface area contributed by atoms with Crippen molar-refractivity contribution in [2.45, 2.75) is 33.7 Å². The Labute approximate surface area is 144 Å². The van der Waals surface area contributed by atoms with Crippen LogP contribution in [0.15, 0.2) is 29.1 Å². The number of nitrogens with zero attached hydrogens (tertiary/aromatic N) is 1. The fraction of sp³-hybridized carbons (Fsp3) is 0.333. The van der Waals surface area contributed by atoms with E-state index in [0.29, 0.717) is 17.8 Å². The lowest BCUT2D eigenvalue weighted by Gasteiger charge is -2.15.